The zero-order chi connectivity index (χ0) is 29.5. The number of hydrogen-bond acceptors (Lipinski definition) is 1. The average Bonchev–Trinajstić information content (AvgIpc) is 3.49. The first kappa shape index (κ1) is 24.9. The van der Waals surface area contributed by atoms with Crippen LogP contribution in [0.2, 0.25) is 0 Å². The summed E-state index contributed by atoms with van der Waals surface area (Å²) in [6.07, 6.45) is 0. The highest BCUT2D eigenvalue weighted by atomic mass is 32.1. The van der Waals surface area contributed by atoms with Crippen molar-refractivity contribution in [3.8, 4) is 22.3 Å². The lowest BCUT2D eigenvalue weighted by atomic mass is 9.85. The maximum absolute atomic E-state index is 2.45. The third-order valence-corrected chi connectivity index (χ3v) is 10.8. The van der Waals surface area contributed by atoms with E-state index in [1.165, 1.54) is 96.3 Å². The molecule has 0 bridgehead atoms. The Morgan fingerprint density at radius 3 is 1.44 bits per heavy atom. The molecule has 0 N–H and O–H groups in total. The van der Waals surface area contributed by atoms with Crippen molar-refractivity contribution >= 4 is 85.4 Å². The lowest BCUT2D eigenvalue weighted by Gasteiger charge is -2.18. The number of benzene rings is 9. The van der Waals surface area contributed by atoms with Crippen LogP contribution in [0.3, 0.4) is 0 Å². The van der Waals surface area contributed by atoms with E-state index >= 15 is 0 Å². The molecule has 0 radical (unpaired) electrons. The predicted molar refractivity (Wildman–Crippen MR) is 198 cm³/mol. The van der Waals surface area contributed by atoms with E-state index in [2.05, 4.69) is 158 Å². The smallest absolute Gasteiger partial charge is 0.0440 e. The van der Waals surface area contributed by atoms with Crippen LogP contribution in [0.15, 0.2) is 158 Å². The van der Waals surface area contributed by atoms with E-state index in [0.29, 0.717) is 0 Å². The molecule has 45 heavy (non-hydrogen) atoms. The molecule has 0 unspecified atom stereocenters. The van der Waals surface area contributed by atoms with Crippen LogP contribution in [0, 0.1) is 0 Å². The summed E-state index contributed by atoms with van der Waals surface area (Å²) in [6.45, 7) is 0. The van der Waals surface area contributed by atoms with Gasteiger partial charge < -0.3 is 0 Å². The van der Waals surface area contributed by atoms with Crippen LogP contribution in [-0.4, -0.2) is 0 Å². The van der Waals surface area contributed by atoms with E-state index in [1.54, 1.807) is 0 Å². The quantitative estimate of drug-likeness (QED) is 0.140. The van der Waals surface area contributed by atoms with Gasteiger partial charge in [0.1, 0.15) is 0 Å². The molecular formula is C44H26S. The van der Waals surface area contributed by atoms with E-state index in [-0.39, 0.29) is 0 Å². The second-order valence-corrected chi connectivity index (χ2v) is 13.0. The Labute approximate surface area is 264 Å². The molecule has 0 spiro atoms. The minimum atomic E-state index is 1.25. The van der Waals surface area contributed by atoms with Gasteiger partial charge in [-0.05, 0) is 82.9 Å². The van der Waals surface area contributed by atoms with Crippen LogP contribution in [0.1, 0.15) is 0 Å². The summed E-state index contributed by atoms with van der Waals surface area (Å²) < 4.78 is 2.72. The number of thiophene rings is 1. The molecule has 0 aliphatic rings. The lowest BCUT2D eigenvalue weighted by Crippen LogP contribution is -1.91. The molecular weight excluding hydrogens is 561 g/mol. The van der Waals surface area contributed by atoms with Crippen molar-refractivity contribution < 1.29 is 0 Å². The van der Waals surface area contributed by atoms with Crippen molar-refractivity contribution in [2.75, 3.05) is 0 Å². The Morgan fingerprint density at radius 2 is 0.756 bits per heavy atom. The first-order chi connectivity index (χ1) is 22.3. The summed E-state index contributed by atoms with van der Waals surface area (Å²) in [6, 6.07) is 58.3. The van der Waals surface area contributed by atoms with Gasteiger partial charge >= 0.3 is 0 Å². The van der Waals surface area contributed by atoms with Gasteiger partial charge in [0.15, 0.2) is 0 Å². The van der Waals surface area contributed by atoms with Crippen LogP contribution in [0.4, 0.5) is 0 Å². The Balaban J connectivity index is 1.33. The Hall–Kier alpha value is -5.50. The van der Waals surface area contributed by atoms with Crippen molar-refractivity contribution in [1.29, 1.82) is 0 Å². The maximum Gasteiger partial charge on any atom is 0.0440 e. The van der Waals surface area contributed by atoms with Crippen molar-refractivity contribution in [3.05, 3.63) is 158 Å². The van der Waals surface area contributed by atoms with Crippen molar-refractivity contribution in [1.82, 2.24) is 0 Å². The molecule has 208 valence electrons. The largest absolute Gasteiger partial charge is 0.135 e. The van der Waals surface area contributed by atoms with Crippen molar-refractivity contribution in [3.63, 3.8) is 0 Å². The minimum absolute atomic E-state index is 1.25. The van der Waals surface area contributed by atoms with Gasteiger partial charge in [-0.1, -0.05) is 146 Å². The highest BCUT2D eigenvalue weighted by Crippen LogP contribution is 2.47. The molecule has 0 saturated heterocycles. The Kier molecular flexibility index (Phi) is 5.25. The number of rotatable bonds is 2. The normalized spacial score (nSPS) is 12.0. The van der Waals surface area contributed by atoms with E-state index in [9.17, 15) is 0 Å². The molecule has 1 heterocycles. The van der Waals surface area contributed by atoms with Gasteiger partial charge in [-0.2, -0.15) is 0 Å². The molecule has 9 aromatic carbocycles. The molecule has 0 aliphatic carbocycles. The summed E-state index contributed by atoms with van der Waals surface area (Å²) in [7, 11) is 0. The standard InChI is InChI=1S/C44H26S/c1-2-12-27(13-3-1)41-33-17-6-8-19-35(33)42(36-20-9-7-18-34(36)41)28-22-23-30-37-24-25-38-31-15-10-11-21-40(31)45-44(38)43(37)32-16-5-4-14-29(32)39(30)26-28/h1-26H. The summed E-state index contributed by atoms with van der Waals surface area (Å²) in [5, 5.41) is 15.8. The second kappa shape index (κ2) is 9.50. The van der Waals surface area contributed by atoms with Gasteiger partial charge in [0, 0.05) is 25.6 Å². The summed E-state index contributed by atoms with van der Waals surface area (Å²) >= 11 is 1.92. The molecule has 0 saturated carbocycles. The fourth-order valence-electron chi connectivity index (χ4n) is 7.73. The minimum Gasteiger partial charge on any atom is -0.135 e. The van der Waals surface area contributed by atoms with Gasteiger partial charge in [0.2, 0.25) is 0 Å². The van der Waals surface area contributed by atoms with E-state index < -0.39 is 0 Å². The zero-order valence-electron chi connectivity index (χ0n) is 24.4. The van der Waals surface area contributed by atoms with E-state index in [0.717, 1.165) is 0 Å². The van der Waals surface area contributed by atoms with Crippen LogP contribution < -0.4 is 0 Å². The zero-order valence-corrected chi connectivity index (χ0v) is 25.2. The van der Waals surface area contributed by atoms with Gasteiger partial charge in [-0.25, -0.2) is 0 Å². The SMILES string of the molecule is c1ccc(-c2c3ccccc3c(-c3ccc4c(c3)c3ccccc3c3c4ccc4c5ccccc5sc43)c3ccccc23)cc1. The molecule has 1 heteroatoms. The van der Waals surface area contributed by atoms with Crippen molar-refractivity contribution in [2.45, 2.75) is 0 Å². The van der Waals surface area contributed by atoms with Crippen LogP contribution in [-0.2, 0) is 0 Å². The van der Waals surface area contributed by atoms with E-state index in [1.807, 2.05) is 11.3 Å². The summed E-state index contributed by atoms with van der Waals surface area (Å²) in [5.41, 5.74) is 5.10. The van der Waals surface area contributed by atoms with Crippen molar-refractivity contribution in [2.24, 2.45) is 0 Å². The molecule has 0 fully saturated rings. The molecule has 0 atom stereocenters. The number of fused-ring (bicyclic) bond motifs is 12. The highest BCUT2D eigenvalue weighted by Gasteiger charge is 2.19. The van der Waals surface area contributed by atoms with Gasteiger partial charge in [0.25, 0.3) is 0 Å². The summed E-state index contributed by atoms with van der Waals surface area (Å²) in [4.78, 5) is 0. The van der Waals surface area contributed by atoms with Gasteiger partial charge in [-0.15, -0.1) is 11.3 Å². The fraction of sp³-hybridized carbons (Fsp3) is 0. The molecule has 0 amide bonds. The topological polar surface area (TPSA) is 0 Å². The van der Waals surface area contributed by atoms with E-state index in [4.69, 9.17) is 0 Å². The first-order valence-electron chi connectivity index (χ1n) is 15.5. The Bertz CT molecular complexity index is 2720. The molecule has 1 aromatic heterocycles. The van der Waals surface area contributed by atoms with Gasteiger partial charge in [-0.3, -0.25) is 0 Å². The maximum atomic E-state index is 2.45. The average molecular weight is 587 g/mol. The van der Waals surface area contributed by atoms with Gasteiger partial charge in [0.05, 0.1) is 0 Å². The first-order valence-corrected chi connectivity index (χ1v) is 16.3. The highest BCUT2D eigenvalue weighted by molar-refractivity contribution is 7.26. The summed E-state index contributed by atoms with van der Waals surface area (Å²) in [5.74, 6) is 0. The molecule has 0 aliphatic heterocycles. The monoisotopic (exact) mass is 586 g/mol. The third-order valence-electron chi connectivity index (χ3n) is 9.63. The van der Waals surface area contributed by atoms with Crippen LogP contribution >= 0.6 is 11.3 Å². The number of hydrogen-bond donors (Lipinski definition) is 0. The van der Waals surface area contributed by atoms with Crippen LogP contribution in [0.5, 0.6) is 0 Å². The molecule has 0 nitrogen and oxygen atoms in total. The Morgan fingerprint density at radius 1 is 0.289 bits per heavy atom. The third kappa shape index (κ3) is 3.53. The molecule has 10 rings (SSSR count). The predicted octanol–water partition coefficient (Wildman–Crippen LogP) is 13.2. The van der Waals surface area contributed by atoms with Crippen LogP contribution in [0.25, 0.3) is 96.3 Å². The second-order valence-electron chi connectivity index (χ2n) is 12.0. The molecule has 10 aromatic rings. The fourth-order valence-corrected chi connectivity index (χ4v) is 8.99. The lowest BCUT2D eigenvalue weighted by molar-refractivity contribution is 1.66.